The van der Waals surface area contributed by atoms with Gasteiger partial charge in [0.15, 0.2) is 43.0 Å². The quantitative estimate of drug-likeness (QED) is 0.240. The first-order valence-electron chi connectivity index (χ1n) is 6.99. The molecule has 0 amide bonds. The second-order valence-corrected chi connectivity index (χ2v) is 22.3. The Morgan fingerprint density at radius 1 is 0.167 bits per heavy atom. The summed E-state index contributed by atoms with van der Waals surface area (Å²) >= 11 is 144. The van der Waals surface area contributed by atoms with Crippen LogP contribution in [0.3, 0.4) is 0 Å². The van der Waals surface area contributed by atoms with Crippen LogP contribution in [-0.2, 0) is 0 Å². The van der Waals surface area contributed by atoms with Crippen LogP contribution in [0.4, 0.5) is 0 Å². The largest absolute Gasteiger partial charge is 0.400 e. The van der Waals surface area contributed by atoms with Crippen LogP contribution < -0.4 is 0 Å². The third-order valence-electron chi connectivity index (χ3n) is 0. The molecule has 0 saturated carbocycles. The molecule has 0 aliphatic rings. The third kappa shape index (κ3) is 1470. The summed E-state index contributed by atoms with van der Waals surface area (Å²) in [6, 6.07) is 0. The van der Waals surface area contributed by atoms with E-state index in [1.54, 1.807) is 0 Å². The van der Waals surface area contributed by atoms with E-state index in [1.165, 1.54) is 0 Å². The van der Waals surface area contributed by atoms with Gasteiger partial charge in [0.1, 0.15) is 0 Å². The summed E-state index contributed by atoms with van der Waals surface area (Å²) in [5.41, 5.74) is 0. The second-order valence-electron chi connectivity index (χ2n) is 2.47. The summed E-state index contributed by atoms with van der Waals surface area (Å²) in [7, 11) is 1.00. The maximum absolute atomic E-state index is 7.00. The zero-order valence-electron chi connectivity index (χ0n) is 18.6. The normalized spacial score (nSPS) is 8.71. The number of alkyl halides is 30. The predicted molar refractivity (Wildman–Crippen MR) is 222 cm³/mol. The molecular formula is C11H14Cl30O. The minimum atomic E-state index is -0.750. The molecule has 0 aliphatic heterocycles. The first kappa shape index (κ1) is 79.4. The van der Waals surface area contributed by atoms with Gasteiger partial charge in [0.2, 0.25) is 0 Å². The standard InChI is InChI=1S/10CHCl3.CH4O/c10*2-1(3)4;1-2/h10*1H;2H,1H3. The van der Waals surface area contributed by atoms with Gasteiger partial charge in [-0.05, 0) is 0 Å². The van der Waals surface area contributed by atoms with Crippen LogP contribution in [0.25, 0.3) is 0 Å². The summed E-state index contributed by atoms with van der Waals surface area (Å²) < 4.78 is -7.50. The lowest BCUT2D eigenvalue weighted by molar-refractivity contribution is 0.399. The molecule has 0 spiro atoms. The van der Waals surface area contributed by atoms with E-state index in [4.69, 9.17) is 353 Å². The van der Waals surface area contributed by atoms with E-state index in [-0.39, 0.29) is 0 Å². The lowest BCUT2D eigenvalue weighted by atomic mass is 11.8. The Labute approximate surface area is 396 Å². The van der Waals surface area contributed by atoms with Crippen molar-refractivity contribution >= 4 is 348 Å². The molecule has 1 nitrogen and oxygen atoms in total. The number of halogens is 30. The summed E-state index contributed by atoms with van der Waals surface area (Å²) in [4.78, 5) is 0. The Balaban J connectivity index is -0.0000000281. The third-order valence-corrected chi connectivity index (χ3v) is 0. The molecule has 0 rings (SSSR count). The fraction of sp³-hybridized carbons (Fsp3) is 1.00. The van der Waals surface area contributed by atoms with Crippen LogP contribution >= 0.6 is 348 Å². The molecule has 31 heteroatoms. The molecule has 0 saturated heterocycles. The monoisotopic (exact) mass is 1210 g/mol. The molecule has 0 heterocycles. The fourth-order valence-electron chi connectivity index (χ4n) is 0. The number of rotatable bonds is 0. The van der Waals surface area contributed by atoms with Crippen LogP contribution in [0.2, 0.25) is 0 Å². The molecule has 0 aromatic heterocycles. The zero-order chi connectivity index (χ0) is 37.8. The number of aliphatic hydroxyl groups is 1. The molecule has 1 N–H and O–H groups in total. The lowest BCUT2D eigenvalue weighted by Crippen LogP contribution is -1.55. The fourth-order valence-corrected chi connectivity index (χ4v) is 0. The zero-order valence-corrected chi connectivity index (χ0v) is 41.2. The first-order chi connectivity index (χ1) is 18.3. The van der Waals surface area contributed by atoms with Crippen LogP contribution in [0, 0.1) is 0 Å². The van der Waals surface area contributed by atoms with Crippen LogP contribution in [0.15, 0.2) is 0 Å². The summed E-state index contributed by atoms with van der Waals surface area (Å²) in [6.45, 7) is 0. The van der Waals surface area contributed by atoms with Gasteiger partial charge >= 0.3 is 0 Å². The van der Waals surface area contributed by atoms with Gasteiger partial charge in [-0.25, -0.2) is 0 Å². The first-order valence-corrected chi connectivity index (χ1v) is 20.1. The summed E-state index contributed by atoms with van der Waals surface area (Å²) in [5.74, 6) is 0. The Hall–Kier alpha value is 8.66. The molecule has 0 aromatic rings. The molecule has 0 radical (unpaired) electrons. The summed E-state index contributed by atoms with van der Waals surface area (Å²) in [5, 5.41) is 7.00. The van der Waals surface area contributed by atoms with Crippen LogP contribution in [0.5, 0.6) is 0 Å². The highest BCUT2D eigenvalue weighted by Gasteiger charge is 1.82. The molecular weight excluding hydrogens is 1210 g/mol. The van der Waals surface area contributed by atoms with E-state index in [2.05, 4.69) is 0 Å². The minimum absolute atomic E-state index is 0.750. The van der Waals surface area contributed by atoms with Crippen molar-refractivity contribution in [3.05, 3.63) is 0 Å². The maximum atomic E-state index is 7.00. The highest BCUT2D eigenvalue weighted by Crippen LogP contribution is 2.07. The van der Waals surface area contributed by atoms with E-state index in [1.807, 2.05) is 0 Å². The van der Waals surface area contributed by atoms with E-state index < -0.39 is 43.0 Å². The van der Waals surface area contributed by atoms with E-state index in [9.17, 15) is 0 Å². The van der Waals surface area contributed by atoms with Crippen molar-refractivity contribution in [1.82, 2.24) is 0 Å². The lowest BCUT2D eigenvalue weighted by Gasteiger charge is -1.69. The summed E-state index contributed by atoms with van der Waals surface area (Å²) in [6.07, 6.45) is 0. The van der Waals surface area contributed by atoms with Gasteiger partial charge in [0.25, 0.3) is 0 Å². The van der Waals surface area contributed by atoms with Crippen molar-refractivity contribution in [1.29, 1.82) is 0 Å². The van der Waals surface area contributed by atoms with Gasteiger partial charge < -0.3 is 5.11 Å². The van der Waals surface area contributed by atoms with E-state index >= 15 is 0 Å². The molecule has 42 heavy (non-hydrogen) atoms. The Kier molecular flexibility index (Phi) is 149. The average Bonchev–Trinajstić information content (AvgIpc) is 2.57. The Morgan fingerprint density at radius 2 is 0.167 bits per heavy atom. The molecule has 0 atom stereocenters. The maximum Gasteiger partial charge on any atom is 0.180 e. The van der Waals surface area contributed by atoms with Gasteiger partial charge in [-0.15, -0.1) is 0 Å². The van der Waals surface area contributed by atoms with Crippen molar-refractivity contribution in [3.63, 3.8) is 0 Å². The van der Waals surface area contributed by atoms with Crippen LogP contribution in [-0.4, -0.2) is 55.2 Å². The molecule has 0 fully saturated rings. The minimum Gasteiger partial charge on any atom is -0.400 e. The Bertz CT molecular complexity index is 188. The van der Waals surface area contributed by atoms with E-state index in [0.717, 1.165) is 7.11 Å². The second kappa shape index (κ2) is 78.7. The predicted octanol–water partition coefficient (Wildman–Crippen LogP) is 19.5. The van der Waals surface area contributed by atoms with Crippen molar-refractivity contribution in [2.24, 2.45) is 0 Å². The van der Waals surface area contributed by atoms with Gasteiger partial charge in [-0.3, -0.25) is 0 Å². The topological polar surface area (TPSA) is 20.2 Å². The smallest absolute Gasteiger partial charge is 0.180 e. The number of hydrogen-bond acceptors (Lipinski definition) is 1. The highest BCUT2D eigenvalue weighted by atomic mass is 35.6. The van der Waals surface area contributed by atoms with Crippen LogP contribution in [0.1, 0.15) is 0 Å². The number of hydrogen-bond donors (Lipinski definition) is 1. The van der Waals surface area contributed by atoms with Crippen molar-refractivity contribution < 1.29 is 5.11 Å². The van der Waals surface area contributed by atoms with Crippen molar-refractivity contribution in [2.75, 3.05) is 7.11 Å². The Morgan fingerprint density at radius 3 is 0.167 bits per heavy atom. The van der Waals surface area contributed by atoms with Crippen molar-refractivity contribution in [3.8, 4) is 0 Å². The molecule has 0 aromatic carbocycles. The van der Waals surface area contributed by atoms with Gasteiger partial charge in [0.05, 0.1) is 0 Å². The van der Waals surface area contributed by atoms with Gasteiger partial charge in [-0.2, -0.15) is 0 Å². The highest BCUT2D eigenvalue weighted by molar-refractivity contribution is 6.66. The van der Waals surface area contributed by atoms with Gasteiger partial charge in [0, 0.05) is 7.11 Å². The van der Waals surface area contributed by atoms with E-state index in [0.29, 0.717) is 0 Å². The SMILES string of the molecule is CO.ClC(Cl)Cl.ClC(Cl)Cl.ClC(Cl)Cl.ClC(Cl)Cl.ClC(Cl)Cl.ClC(Cl)Cl.ClC(Cl)Cl.ClC(Cl)Cl.ClC(Cl)Cl.ClC(Cl)Cl. The molecule has 0 bridgehead atoms. The molecule has 0 unspecified atom stereocenters. The molecule has 0 aliphatic carbocycles. The van der Waals surface area contributed by atoms with Gasteiger partial charge in [-0.1, -0.05) is 348 Å². The number of aliphatic hydroxyl groups excluding tert-OH is 1. The average molecular weight is 1230 g/mol. The molecule has 274 valence electrons. The van der Waals surface area contributed by atoms with Crippen molar-refractivity contribution in [2.45, 2.75) is 43.0 Å².